The number of nitrogens with one attached hydrogen (secondary N) is 10. The van der Waals surface area contributed by atoms with Gasteiger partial charge >= 0.3 is 27.8 Å². The lowest BCUT2D eigenvalue weighted by Crippen LogP contribution is -2.16. The molecule has 0 aliphatic heterocycles. The standard InChI is InChI=1S/C20H23N7O3.C20H23N7O2.C19H21N7O2.C18H19N7O3.C17H18N8O/c1-6-30-18-15(19(29)27(26-18)13-9-7-12(11-28)8-10-13)22-24-17-14(21-5)16(23-25-17)20(2,3)4;1-12(2)29-18-15(19(28)27(26-18)13-10-8-7-9-11-13)22-24-17-14(21-6)16(23-25-17)20(3,4)5;1-6-19(2,3)15-13(20-4)16(24-22-15)23-21-14-17(28-5)25-26(18(14)27)12-10-8-7-9-11-12;1-10(2)13-14(19-3)16(22-20-13)23-21-15-17(28-4)24-25(18(15)27)12-7-5-11(9-26)6-8-12;1-10-12(16(26)25(24-10)11-8-6-7-9-19-11)20-22-15-13(18-5)14(21-23-15)17(2,3)4/h7-10,26,28H,6,11H2,1-4H3,(H,23,25);7-12,26H,1-5H3,(H,23,25);7-11,25H,6H2,1-3,5H3,(H,22,24);5-8,10,24,26H,9H2,1-2,4H3,(H,20,22);6-9,24H,1-4H3,(H,21,23). The molecule has 141 heavy (non-hydrogen) atoms. The van der Waals surface area contributed by atoms with Crippen molar-refractivity contribution >= 4 is 86.0 Å². The third-order valence-corrected chi connectivity index (χ3v) is 20.9. The van der Waals surface area contributed by atoms with E-state index in [2.05, 4.69) is 157 Å². The number of para-hydroxylation sites is 2. The molecule has 0 saturated carbocycles. The number of azo groups is 5. The fourth-order valence-corrected chi connectivity index (χ4v) is 13.2. The van der Waals surface area contributed by atoms with E-state index < -0.39 is 22.2 Å². The van der Waals surface area contributed by atoms with Crippen molar-refractivity contribution in [3.63, 3.8) is 0 Å². The van der Waals surface area contributed by atoms with Crippen LogP contribution in [0.1, 0.15) is 175 Å². The molecule has 0 spiro atoms. The summed E-state index contributed by atoms with van der Waals surface area (Å²) in [6.07, 6.45) is 2.24. The zero-order valence-electron chi connectivity index (χ0n) is 80.9. The van der Waals surface area contributed by atoms with Crippen LogP contribution in [-0.2, 0) is 34.9 Å². The van der Waals surface area contributed by atoms with Crippen LogP contribution < -0.4 is 46.7 Å². The van der Waals surface area contributed by atoms with Crippen molar-refractivity contribution < 1.29 is 29.2 Å². The first-order valence-corrected chi connectivity index (χ1v) is 43.7. The van der Waals surface area contributed by atoms with E-state index in [0.717, 1.165) is 17.5 Å². The van der Waals surface area contributed by atoms with E-state index >= 15 is 0 Å². The van der Waals surface area contributed by atoms with E-state index in [0.29, 0.717) is 80.7 Å². The summed E-state index contributed by atoms with van der Waals surface area (Å²) in [6.45, 7) is 72.1. The van der Waals surface area contributed by atoms with Gasteiger partial charge in [-0.15, -0.1) is 51.1 Å². The summed E-state index contributed by atoms with van der Waals surface area (Å²) in [5, 5.41) is 108. The van der Waals surface area contributed by atoms with Crippen LogP contribution >= 0.6 is 0 Å². The molecule has 0 atom stereocenters. The maximum Gasteiger partial charge on any atom is 0.303 e. The molecule has 11 aromatic heterocycles. The van der Waals surface area contributed by atoms with E-state index in [-0.39, 0.29) is 151 Å². The Hall–Kier alpha value is -18.3. The molecule has 0 bridgehead atoms. The Morgan fingerprint density at radius 1 is 0.383 bits per heavy atom. The number of pyridine rings is 1. The van der Waals surface area contributed by atoms with Crippen LogP contribution in [0.2, 0.25) is 0 Å². The smallest absolute Gasteiger partial charge is 0.303 e. The largest absolute Gasteiger partial charge is 0.480 e. The van der Waals surface area contributed by atoms with Gasteiger partial charge in [-0.25, -0.2) is 47.9 Å². The van der Waals surface area contributed by atoms with Crippen molar-refractivity contribution in [1.82, 2.24) is 105 Å². The number of hydrogen-bond acceptors (Lipinski definition) is 27. The van der Waals surface area contributed by atoms with Crippen LogP contribution in [0.25, 0.3) is 52.8 Å². The van der Waals surface area contributed by atoms with Gasteiger partial charge < -0.3 is 29.2 Å². The van der Waals surface area contributed by atoms with Gasteiger partial charge in [-0.05, 0) is 133 Å². The van der Waals surface area contributed by atoms with Crippen LogP contribution in [0.15, 0.2) is 209 Å². The van der Waals surface area contributed by atoms with Crippen molar-refractivity contribution in [2.45, 2.75) is 178 Å². The van der Waals surface area contributed by atoms with Gasteiger partial charge in [0.1, 0.15) is 0 Å². The van der Waals surface area contributed by atoms with Gasteiger partial charge in [-0.1, -0.05) is 164 Å². The van der Waals surface area contributed by atoms with E-state index in [1.807, 2.05) is 147 Å². The fraction of sp³-hybridized carbons (Fsp3) is 0.319. The number of methoxy groups -OCH3 is 2. The average Bonchev–Trinajstić information content (AvgIpc) is 1.66. The summed E-state index contributed by atoms with van der Waals surface area (Å²) >= 11 is 0. The molecular weight excluding hydrogens is 1810 g/mol. The van der Waals surface area contributed by atoms with Crippen LogP contribution in [0.4, 0.5) is 86.0 Å². The summed E-state index contributed by atoms with van der Waals surface area (Å²) in [5.41, 5.74) is 5.93. The van der Waals surface area contributed by atoms with E-state index in [9.17, 15) is 29.1 Å². The normalized spacial score (nSPS) is 11.7. The topological polar surface area (TPSA) is 568 Å². The maximum absolute atomic E-state index is 12.9. The minimum absolute atomic E-state index is 0.00147. The molecule has 15 aromatic rings. The summed E-state index contributed by atoms with van der Waals surface area (Å²) in [7, 11) is 2.83. The molecule has 0 aliphatic rings. The molecule has 11 heterocycles. The van der Waals surface area contributed by atoms with Gasteiger partial charge in [-0.3, -0.25) is 75.0 Å². The third-order valence-electron chi connectivity index (χ3n) is 20.9. The second-order valence-corrected chi connectivity index (χ2v) is 35.1. The van der Waals surface area contributed by atoms with E-state index in [4.69, 9.17) is 56.9 Å². The number of aryl methyl sites for hydroxylation is 1. The first-order chi connectivity index (χ1) is 67.3. The molecule has 47 nitrogen and oxygen atoms in total. The molecule has 0 unspecified atom stereocenters. The Labute approximate surface area is 805 Å². The van der Waals surface area contributed by atoms with Crippen LogP contribution in [0.3, 0.4) is 0 Å². The van der Waals surface area contributed by atoms with E-state index in [1.165, 1.54) is 37.6 Å². The first kappa shape index (κ1) is 103. The van der Waals surface area contributed by atoms with Gasteiger partial charge in [0.2, 0.25) is 75.4 Å². The lowest BCUT2D eigenvalue weighted by molar-refractivity contribution is 0.232. The fourth-order valence-electron chi connectivity index (χ4n) is 13.2. The SMILES string of the molecule is [C-]#[N+]c1c(N=Nc2c(C)[nH]n(-c3ccccn3)c2=O)n[nH]c1C(C)(C)C.[C-]#[N+]c1c(N=Nc2c(OC(C)C)[nH]n(-c3ccccc3)c2=O)n[nH]c1C(C)(C)C.[C-]#[N+]c1c(N=Nc2c(OC)[nH]n(-c3ccc(CO)cc3)c2=O)n[nH]c1C(C)C.[C-]#[N+]c1c(N=Nc2c(OC)[nH]n(-c3ccccc3)c2=O)n[nH]c1C(C)(C)CC.[C-]#[N+]c1c(N=Nc2c(OCC)[nH]n(-c3ccc(CO)cc3)c2=O)n[nH]c1C(C)(C)C. The Balaban J connectivity index is 0.000000169. The summed E-state index contributed by atoms with van der Waals surface area (Å²) in [5.74, 6) is 1.84. The van der Waals surface area contributed by atoms with Gasteiger partial charge in [0.15, 0.2) is 11.5 Å². The monoisotopic (exact) mass is 1910 g/mol. The molecule has 0 saturated heterocycles. The minimum Gasteiger partial charge on any atom is -0.480 e. The highest BCUT2D eigenvalue weighted by molar-refractivity contribution is 5.71. The molecular formula is C94H104N36O11. The summed E-state index contributed by atoms with van der Waals surface area (Å²) in [4.78, 5) is 85.6. The number of aliphatic hydroxyl groups is 2. The van der Waals surface area contributed by atoms with Crippen LogP contribution in [0, 0.1) is 39.8 Å². The Kier molecular flexibility index (Phi) is 32.9. The predicted octanol–water partition coefficient (Wildman–Crippen LogP) is 20.9. The lowest BCUT2D eigenvalue weighted by Gasteiger charge is -2.21. The van der Waals surface area contributed by atoms with Gasteiger partial charge in [0, 0.05) is 29.0 Å². The van der Waals surface area contributed by atoms with Crippen LogP contribution in [0.5, 0.6) is 23.5 Å². The predicted molar refractivity (Wildman–Crippen MR) is 525 cm³/mol. The lowest BCUT2D eigenvalue weighted by atomic mass is 9.86. The van der Waals surface area contributed by atoms with Gasteiger partial charge in [0.25, 0.3) is 28.4 Å². The second-order valence-electron chi connectivity index (χ2n) is 35.1. The molecule has 15 rings (SSSR count). The third kappa shape index (κ3) is 23.6. The molecule has 12 N–H and O–H groups in total. The Morgan fingerprint density at radius 2 is 0.702 bits per heavy atom. The molecule has 726 valence electrons. The number of ether oxygens (including phenoxy) is 4. The van der Waals surface area contributed by atoms with Crippen molar-refractivity contribution in [3.8, 4) is 52.1 Å². The number of aromatic amines is 10. The molecule has 47 heteroatoms. The summed E-state index contributed by atoms with van der Waals surface area (Å²) < 4.78 is 28.2. The first-order valence-electron chi connectivity index (χ1n) is 43.7. The van der Waals surface area contributed by atoms with Crippen molar-refractivity contribution in [2.24, 2.45) is 51.1 Å². The number of aromatic nitrogens is 21. The number of nitrogens with zero attached hydrogens (tertiary/aromatic N) is 26. The van der Waals surface area contributed by atoms with Crippen LogP contribution in [-0.4, -0.2) is 142 Å². The molecule has 4 aromatic carbocycles. The van der Waals surface area contributed by atoms with E-state index in [1.54, 1.807) is 111 Å². The number of rotatable bonds is 26. The Bertz CT molecular complexity index is 7620. The quantitative estimate of drug-likeness (QED) is 0.0177. The van der Waals surface area contributed by atoms with Gasteiger partial charge in [-0.2, -0.15) is 30.2 Å². The molecule has 0 fully saturated rings. The maximum atomic E-state index is 12.9. The Morgan fingerprint density at radius 3 is 1.04 bits per heavy atom. The zero-order valence-corrected chi connectivity index (χ0v) is 80.9. The number of aliphatic hydroxyl groups excluding tert-OH is 2. The molecule has 0 amide bonds. The van der Waals surface area contributed by atoms with Crippen molar-refractivity contribution in [3.05, 3.63) is 288 Å². The highest BCUT2D eigenvalue weighted by Gasteiger charge is 2.32. The minimum atomic E-state index is -0.471. The van der Waals surface area contributed by atoms with Gasteiger partial charge in [0.05, 0.1) is 107 Å². The number of H-pyrrole nitrogens is 10. The second kappa shape index (κ2) is 44.9. The highest BCUT2D eigenvalue weighted by atomic mass is 16.5. The zero-order chi connectivity index (χ0) is 103. The average molecular weight is 1910 g/mol. The van der Waals surface area contributed by atoms with Crippen molar-refractivity contribution in [1.29, 1.82) is 0 Å². The number of hydrogen-bond donors (Lipinski definition) is 12. The molecule has 0 aliphatic carbocycles. The molecule has 0 radical (unpaired) electrons. The number of benzene rings is 4. The highest BCUT2D eigenvalue weighted by Crippen LogP contribution is 2.44. The summed E-state index contributed by atoms with van der Waals surface area (Å²) in [6, 6.07) is 37.0. The van der Waals surface area contributed by atoms with Crippen molar-refractivity contribution in [2.75, 3.05) is 20.8 Å².